The van der Waals surface area contributed by atoms with Crippen LogP contribution in [0.1, 0.15) is 25.8 Å². The number of halogens is 2. The summed E-state index contributed by atoms with van der Waals surface area (Å²) in [6, 6.07) is 8.23. The van der Waals surface area contributed by atoms with E-state index in [1.165, 1.54) is 0 Å². The Hall–Kier alpha value is -0.910. The van der Waals surface area contributed by atoms with Crippen molar-refractivity contribution in [2.24, 2.45) is 0 Å². The van der Waals surface area contributed by atoms with E-state index in [0.29, 0.717) is 29.9 Å². The van der Waals surface area contributed by atoms with Crippen molar-refractivity contribution in [2.45, 2.75) is 32.2 Å². The Kier molecular flexibility index (Phi) is 5.61. The summed E-state index contributed by atoms with van der Waals surface area (Å²) in [6.45, 7) is 4.88. The molecule has 4 heteroatoms. The largest absolute Gasteiger partial charge is 0.368 e. The second-order valence-electron chi connectivity index (χ2n) is 4.07. The Morgan fingerprint density at radius 1 is 1.41 bits per heavy atom. The molecular formula is C13H16Cl2N2. The molecule has 0 aliphatic heterocycles. The van der Waals surface area contributed by atoms with Gasteiger partial charge in [0.1, 0.15) is 0 Å². The molecule has 0 heterocycles. The molecule has 92 valence electrons. The zero-order chi connectivity index (χ0) is 12.8. The quantitative estimate of drug-likeness (QED) is 0.750. The van der Waals surface area contributed by atoms with Gasteiger partial charge in [0, 0.05) is 28.9 Å². The molecule has 0 fully saturated rings. The van der Waals surface area contributed by atoms with Gasteiger partial charge in [-0.25, -0.2) is 0 Å². The molecule has 1 aromatic carbocycles. The number of nitriles is 1. The molecule has 0 saturated carbocycles. The van der Waals surface area contributed by atoms with Gasteiger partial charge < -0.3 is 4.90 Å². The standard InChI is InChI=1S/C13H16Cl2N2/c1-10(2)17(8-4-7-16)13-6-3-5-12(15)11(13)9-14/h3,5-6,10H,4,8-9H2,1-2H3. The van der Waals surface area contributed by atoms with Crippen LogP contribution in [0.15, 0.2) is 18.2 Å². The first kappa shape index (κ1) is 14.2. The molecule has 0 atom stereocenters. The maximum Gasteiger partial charge on any atom is 0.0640 e. The predicted octanol–water partition coefficient (Wildman–Crippen LogP) is 4.21. The third kappa shape index (κ3) is 3.52. The molecule has 17 heavy (non-hydrogen) atoms. The minimum Gasteiger partial charge on any atom is -0.368 e. The fourth-order valence-electron chi connectivity index (χ4n) is 1.78. The molecule has 0 radical (unpaired) electrons. The van der Waals surface area contributed by atoms with E-state index in [1.54, 1.807) is 0 Å². The van der Waals surface area contributed by atoms with Crippen LogP contribution >= 0.6 is 23.2 Å². The highest BCUT2D eigenvalue weighted by atomic mass is 35.5. The molecule has 0 unspecified atom stereocenters. The highest BCUT2D eigenvalue weighted by Crippen LogP contribution is 2.30. The monoisotopic (exact) mass is 270 g/mol. The first-order valence-electron chi connectivity index (χ1n) is 5.58. The summed E-state index contributed by atoms with van der Waals surface area (Å²) in [4.78, 5) is 2.16. The number of nitrogens with zero attached hydrogens (tertiary/aromatic N) is 2. The topological polar surface area (TPSA) is 27.0 Å². The molecule has 0 saturated heterocycles. The molecule has 1 aromatic rings. The summed E-state index contributed by atoms with van der Waals surface area (Å²) in [5, 5.41) is 9.38. The number of alkyl halides is 1. The number of rotatable bonds is 5. The lowest BCUT2D eigenvalue weighted by molar-refractivity contribution is 0.684. The molecule has 0 spiro atoms. The van der Waals surface area contributed by atoms with Crippen molar-refractivity contribution in [3.05, 3.63) is 28.8 Å². The van der Waals surface area contributed by atoms with E-state index in [0.717, 1.165) is 11.3 Å². The Morgan fingerprint density at radius 2 is 2.12 bits per heavy atom. The molecule has 0 aliphatic rings. The van der Waals surface area contributed by atoms with Gasteiger partial charge in [-0.3, -0.25) is 0 Å². The fraction of sp³-hybridized carbons (Fsp3) is 0.462. The van der Waals surface area contributed by atoms with Crippen LogP contribution in [0.25, 0.3) is 0 Å². The molecule has 0 aromatic heterocycles. The van der Waals surface area contributed by atoms with Gasteiger partial charge in [0.2, 0.25) is 0 Å². The van der Waals surface area contributed by atoms with Crippen LogP contribution in [0.3, 0.4) is 0 Å². The van der Waals surface area contributed by atoms with E-state index in [1.807, 2.05) is 18.2 Å². The van der Waals surface area contributed by atoms with Gasteiger partial charge in [-0.15, -0.1) is 11.6 Å². The van der Waals surface area contributed by atoms with E-state index in [9.17, 15) is 0 Å². The van der Waals surface area contributed by atoms with Crippen LogP contribution in [0.4, 0.5) is 5.69 Å². The molecule has 1 rings (SSSR count). The van der Waals surface area contributed by atoms with Gasteiger partial charge in [-0.1, -0.05) is 17.7 Å². The number of hydrogen-bond acceptors (Lipinski definition) is 2. The summed E-state index contributed by atoms with van der Waals surface area (Å²) in [7, 11) is 0. The second-order valence-corrected chi connectivity index (χ2v) is 4.74. The third-order valence-electron chi connectivity index (χ3n) is 2.63. The molecule has 0 N–H and O–H groups in total. The molecule has 0 bridgehead atoms. The minimum atomic E-state index is 0.309. The Balaban J connectivity index is 3.09. The molecule has 0 aliphatic carbocycles. The highest BCUT2D eigenvalue weighted by molar-refractivity contribution is 6.32. The lowest BCUT2D eigenvalue weighted by atomic mass is 10.1. The third-order valence-corrected chi connectivity index (χ3v) is 3.25. The first-order chi connectivity index (χ1) is 8.11. The SMILES string of the molecule is CC(C)N(CCC#N)c1cccc(Cl)c1CCl. The average Bonchev–Trinajstić information content (AvgIpc) is 2.29. The summed E-state index contributed by atoms with van der Waals surface area (Å²) >= 11 is 12.1. The zero-order valence-electron chi connectivity index (χ0n) is 10.1. The normalized spacial score (nSPS) is 10.4. The van der Waals surface area contributed by atoms with Crippen LogP contribution in [-0.4, -0.2) is 12.6 Å². The van der Waals surface area contributed by atoms with Gasteiger partial charge in [0.25, 0.3) is 0 Å². The van der Waals surface area contributed by atoms with Gasteiger partial charge in [0.05, 0.1) is 18.4 Å². The number of benzene rings is 1. The predicted molar refractivity (Wildman–Crippen MR) is 73.7 cm³/mol. The second kappa shape index (κ2) is 6.74. The summed E-state index contributed by atoms with van der Waals surface area (Å²) < 4.78 is 0. The van der Waals surface area contributed by atoms with Crippen molar-refractivity contribution in [3.8, 4) is 6.07 Å². The van der Waals surface area contributed by atoms with Crippen LogP contribution in [-0.2, 0) is 5.88 Å². The first-order valence-corrected chi connectivity index (χ1v) is 6.50. The fourth-order valence-corrected chi connectivity index (χ4v) is 2.36. The van der Waals surface area contributed by atoms with Crippen molar-refractivity contribution in [1.29, 1.82) is 5.26 Å². The lowest BCUT2D eigenvalue weighted by Gasteiger charge is -2.30. The van der Waals surface area contributed by atoms with Crippen molar-refractivity contribution >= 4 is 28.9 Å². The van der Waals surface area contributed by atoms with E-state index >= 15 is 0 Å². The van der Waals surface area contributed by atoms with Crippen LogP contribution in [0.2, 0.25) is 5.02 Å². The maximum absolute atomic E-state index is 8.70. The molecule has 2 nitrogen and oxygen atoms in total. The zero-order valence-corrected chi connectivity index (χ0v) is 11.6. The summed E-state index contributed by atoms with van der Waals surface area (Å²) in [5.74, 6) is 0.380. The Labute approximate surface area is 113 Å². The number of hydrogen-bond donors (Lipinski definition) is 0. The van der Waals surface area contributed by atoms with Gasteiger partial charge in [0.15, 0.2) is 0 Å². The van der Waals surface area contributed by atoms with Gasteiger partial charge in [-0.2, -0.15) is 5.26 Å². The van der Waals surface area contributed by atoms with Crippen LogP contribution < -0.4 is 4.90 Å². The smallest absolute Gasteiger partial charge is 0.0640 e. The van der Waals surface area contributed by atoms with Gasteiger partial charge >= 0.3 is 0 Å². The van der Waals surface area contributed by atoms with Crippen LogP contribution in [0.5, 0.6) is 0 Å². The average molecular weight is 271 g/mol. The summed E-state index contributed by atoms with van der Waals surface area (Å²) in [6.07, 6.45) is 0.492. The van der Waals surface area contributed by atoms with Gasteiger partial charge in [-0.05, 0) is 26.0 Å². The van der Waals surface area contributed by atoms with Crippen LogP contribution in [0, 0.1) is 11.3 Å². The number of anilines is 1. The molecule has 0 amide bonds. The Morgan fingerprint density at radius 3 is 2.65 bits per heavy atom. The van der Waals surface area contributed by atoms with Crippen molar-refractivity contribution < 1.29 is 0 Å². The van der Waals surface area contributed by atoms with Crippen molar-refractivity contribution in [2.75, 3.05) is 11.4 Å². The highest BCUT2D eigenvalue weighted by Gasteiger charge is 2.15. The maximum atomic E-state index is 8.70. The van der Waals surface area contributed by atoms with E-state index in [4.69, 9.17) is 28.5 Å². The molecular weight excluding hydrogens is 255 g/mol. The summed E-state index contributed by atoms with van der Waals surface area (Å²) in [5.41, 5.74) is 1.96. The Bertz CT molecular complexity index is 410. The van der Waals surface area contributed by atoms with E-state index in [2.05, 4.69) is 24.8 Å². The minimum absolute atomic E-state index is 0.309. The lowest BCUT2D eigenvalue weighted by Crippen LogP contribution is -2.32. The van der Waals surface area contributed by atoms with Crippen molar-refractivity contribution in [3.63, 3.8) is 0 Å². The van der Waals surface area contributed by atoms with E-state index < -0.39 is 0 Å². The van der Waals surface area contributed by atoms with Crippen molar-refractivity contribution in [1.82, 2.24) is 0 Å². The van der Waals surface area contributed by atoms with E-state index in [-0.39, 0.29) is 0 Å².